The molecule has 0 aliphatic heterocycles. The highest BCUT2D eigenvalue weighted by Gasteiger charge is 1.92. The van der Waals surface area contributed by atoms with Crippen LogP contribution in [0.3, 0.4) is 0 Å². The maximum absolute atomic E-state index is 9.88. The van der Waals surface area contributed by atoms with Crippen molar-refractivity contribution >= 4 is 35.7 Å². The maximum Gasteiger partial charge on any atom is 0.301 e. The summed E-state index contributed by atoms with van der Waals surface area (Å²) in [5, 5.41) is -1.42. The van der Waals surface area contributed by atoms with Gasteiger partial charge in [-0.1, -0.05) is 25.3 Å². The molecule has 0 aromatic carbocycles. The molecule has 0 fully saturated rings. The Hall–Kier alpha value is -0.400. The van der Waals surface area contributed by atoms with Crippen molar-refractivity contribution in [2.75, 3.05) is 0 Å². The van der Waals surface area contributed by atoms with Crippen LogP contribution in [-0.2, 0) is 4.94 Å². The average molecular weight is 168 g/mol. The summed E-state index contributed by atoms with van der Waals surface area (Å²) in [5.41, 5.74) is 3.44. The molecule has 0 spiro atoms. The molecule has 2 amide bonds. The number of hydroxylamine groups is 2. The Kier molecular flexibility index (Phi) is 4.28. The normalized spacial score (nSPS) is 8.22. The van der Waals surface area contributed by atoms with E-state index in [2.05, 4.69) is 30.2 Å². The van der Waals surface area contributed by atoms with E-state index in [4.69, 9.17) is 0 Å². The molecular weight excluding hydrogens is 164 g/mol. The van der Waals surface area contributed by atoms with E-state index in [0.29, 0.717) is 0 Å². The number of nitrogens with one attached hydrogen (secondary N) is 2. The molecule has 0 aromatic heterocycles. The van der Waals surface area contributed by atoms with Gasteiger partial charge in [0.15, 0.2) is 0 Å². The topological polar surface area (TPSA) is 67.4 Å². The molecule has 0 heterocycles. The lowest BCUT2D eigenvalue weighted by molar-refractivity contribution is 0.0172. The van der Waals surface area contributed by atoms with Gasteiger partial charge in [0.2, 0.25) is 0 Å². The van der Waals surface area contributed by atoms with Crippen LogP contribution < -0.4 is 11.0 Å². The zero-order valence-electron chi connectivity index (χ0n) is 4.12. The van der Waals surface area contributed by atoms with Crippen molar-refractivity contribution in [3.8, 4) is 0 Å². The van der Waals surface area contributed by atoms with E-state index in [1.807, 2.05) is 0 Å². The monoisotopic (exact) mass is 168 g/mol. The largest absolute Gasteiger partial charge is 0.301 e. The van der Waals surface area contributed by atoms with Gasteiger partial charge in [0.25, 0.3) is 0 Å². The molecule has 9 heavy (non-hydrogen) atoms. The highest BCUT2D eigenvalue weighted by atomic mass is 32.1. The van der Waals surface area contributed by atoms with Gasteiger partial charge < -0.3 is 0 Å². The number of rotatable bonds is 2. The minimum Gasteiger partial charge on any atom is -0.260 e. The molecule has 0 unspecified atom stereocenters. The van der Waals surface area contributed by atoms with Gasteiger partial charge in [-0.3, -0.25) is 9.59 Å². The van der Waals surface area contributed by atoms with Gasteiger partial charge in [-0.05, 0) is 0 Å². The Morgan fingerprint density at radius 1 is 1.11 bits per heavy atom. The summed E-state index contributed by atoms with van der Waals surface area (Å²) >= 11 is 6.50. The molecule has 0 saturated carbocycles. The minimum absolute atomic E-state index is 0.711. The fourth-order valence-corrected chi connectivity index (χ4v) is 0.204. The molecule has 0 aliphatic carbocycles. The Morgan fingerprint density at radius 3 is 1.67 bits per heavy atom. The second-order valence-corrected chi connectivity index (χ2v) is 1.73. The quantitative estimate of drug-likeness (QED) is 0.349. The molecular formula is C2H4N2O3S2. The first-order valence-corrected chi connectivity index (χ1v) is 2.66. The molecule has 0 radical (unpaired) electrons. The molecule has 0 rings (SSSR count). The highest BCUT2D eigenvalue weighted by molar-refractivity contribution is 7.96. The van der Waals surface area contributed by atoms with Crippen LogP contribution in [0.5, 0.6) is 0 Å². The number of thiol groups is 2. The molecule has 0 aromatic rings. The molecule has 0 aliphatic rings. The van der Waals surface area contributed by atoms with Gasteiger partial charge in [-0.25, -0.2) is 11.0 Å². The van der Waals surface area contributed by atoms with Gasteiger partial charge in [0.05, 0.1) is 0 Å². The second kappa shape index (κ2) is 4.48. The van der Waals surface area contributed by atoms with E-state index in [0.717, 1.165) is 0 Å². The Bertz CT molecular complexity index is 113. The van der Waals surface area contributed by atoms with Crippen molar-refractivity contribution in [1.29, 1.82) is 0 Å². The third-order valence-electron chi connectivity index (χ3n) is 0.277. The molecule has 0 bridgehead atoms. The number of carbonyl (C=O) groups excluding carboxylic acids is 2. The summed E-state index contributed by atoms with van der Waals surface area (Å²) in [6.45, 7) is 0. The van der Waals surface area contributed by atoms with Crippen LogP contribution in [0.2, 0.25) is 0 Å². The maximum atomic E-state index is 9.88. The van der Waals surface area contributed by atoms with Crippen LogP contribution in [0.15, 0.2) is 0 Å². The summed E-state index contributed by atoms with van der Waals surface area (Å²) in [6.07, 6.45) is 0. The third-order valence-corrected chi connectivity index (χ3v) is 0.459. The first-order valence-electron chi connectivity index (χ1n) is 1.76. The predicted molar refractivity (Wildman–Crippen MR) is 36.1 cm³/mol. The molecule has 52 valence electrons. The number of hydrogen-bond donors (Lipinski definition) is 4. The molecule has 0 atom stereocenters. The van der Waals surface area contributed by atoms with E-state index in [9.17, 15) is 9.59 Å². The highest BCUT2D eigenvalue weighted by Crippen LogP contribution is 1.76. The van der Waals surface area contributed by atoms with Crippen molar-refractivity contribution in [2.45, 2.75) is 0 Å². The van der Waals surface area contributed by atoms with Crippen LogP contribution >= 0.6 is 25.3 Å². The molecule has 0 saturated heterocycles. The fourth-order valence-electron chi connectivity index (χ4n) is 0.113. The van der Waals surface area contributed by atoms with Crippen molar-refractivity contribution < 1.29 is 14.5 Å². The summed E-state index contributed by atoms with van der Waals surface area (Å²) in [6, 6.07) is 0. The lowest BCUT2D eigenvalue weighted by Gasteiger charge is -1.98. The van der Waals surface area contributed by atoms with Crippen molar-refractivity contribution in [2.24, 2.45) is 0 Å². The van der Waals surface area contributed by atoms with Gasteiger partial charge in [-0.15, -0.1) is 0 Å². The van der Waals surface area contributed by atoms with Gasteiger partial charge in [-0.2, -0.15) is 4.94 Å². The van der Waals surface area contributed by atoms with E-state index in [1.54, 1.807) is 11.0 Å². The Morgan fingerprint density at radius 2 is 1.44 bits per heavy atom. The van der Waals surface area contributed by atoms with Gasteiger partial charge >= 0.3 is 10.5 Å². The zero-order valence-corrected chi connectivity index (χ0v) is 5.91. The molecule has 7 heteroatoms. The smallest absolute Gasteiger partial charge is 0.260 e. The van der Waals surface area contributed by atoms with E-state index >= 15 is 0 Å². The third kappa shape index (κ3) is 7.60. The average Bonchev–Trinajstić information content (AvgIpc) is 1.63. The Balaban J connectivity index is 3.10. The summed E-state index contributed by atoms with van der Waals surface area (Å²) in [4.78, 5) is 23.8. The van der Waals surface area contributed by atoms with Crippen molar-refractivity contribution in [1.82, 2.24) is 11.0 Å². The van der Waals surface area contributed by atoms with Crippen molar-refractivity contribution in [3.05, 3.63) is 0 Å². The zero-order chi connectivity index (χ0) is 7.28. The van der Waals surface area contributed by atoms with Crippen LogP contribution in [0, 0.1) is 0 Å². The van der Waals surface area contributed by atoms with Crippen molar-refractivity contribution in [3.63, 3.8) is 0 Å². The molecule has 5 nitrogen and oxygen atoms in total. The lowest BCUT2D eigenvalue weighted by atomic mass is 11.4. The van der Waals surface area contributed by atoms with E-state index < -0.39 is 10.5 Å². The number of amides is 2. The van der Waals surface area contributed by atoms with Crippen LogP contribution in [0.25, 0.3) is 0 Å². The van der Waals surface area contributed by atoms with Gasteiger partial charge in [0.1, 0.15) is 0 Å². The summed E-state index contributed by atoms with van der Waals surface area (Å²) in [5.74, 6) is 0. The first-order chi connectivity index (χ1) is 4.13. The summed E-state index contributed by atoms with van der Waals surface area (Å²) < 4.78 is 0. The van der Waals surface area contributed by atoms with E-state index in [1.165, 1.54) is 0 Å². The number of hydrogen-bond acceptors (Lipinski definition) is 3. The summed E-state index contributed by atoms with van der Waals surface area (Å²) in [7, 11) is 0. The minimum atomic E-state index is -0.711. The SMILES string of the molecule is O=C(S)NONC(=O)S. The van der Waals surface area contributed by atoms with E-state index in [-0.39, 0.29) is 0 Å². The standard InChI is InChI=1S/C2H4N2O3S2/c5-1(8)3-7-4-2(6)9/h(H2,3,5,8)(H2,4,6,9). The Labute approximate surface area is 61.9 Å². The molecule has 2 N–H and O–H groups in total. The predicted octanol–water partition coefficient (Wildman–Crippen LogP) is 0.112. The van der Waals surface area contributed by atoms with Crippen LogP contribution in [0.1, 0.15) is 0 Å². The fraction of sp³-hybridized carbons (Fsp3) is 0. The first kappa shape index (κ1) is 8.60. The van der Waals surface area contributed by atoms with Crippen LogP contribution in [-0.4, -0.2) is 10.5 Å². The van der Waals surface area contributed by atoms with Crippen LogP contribution in [0.4, 0.5) is 9.59 Å². The lowest BCUT2D eigenvalue weighted by Crippen LogP contribution is -2.28. The van der Waals surface area contributed by atoms with Gasteiger partial charge in [0, 0.05) is 0 Å². The number of carbonyl (C=O) groups is 2. The second-order valence-electron chi connectivity index (χ2n) is 0.916.